The van der Waals surface area contributed by atoms with E-state index in [0.717, 1.165) is 19.1 Å². The van der Waals surface area contributed by atoms with Crippen LogP contribution in [-0.4, -0.2) is 31.0 Å². The van der Waals surface area contributed by atoms with Crippen molar-refractivity contribution in [2.75, 3.05) is 6.54 Å². The van der Waals surface area contributed by atoms with E-state index in [1.54, 1.807) is 0 Å². The first kappa shape index (κ1) is 17.6. The summed E-state index contributed by atoms with van der Waals surface area (Å²) in [6.45, 7) is 6.49. The summed E-state index contributed by atoms with van der Waals surface area (Å²) in [4.78, 5) is 22.0. The van der Waals surface area contributed by atoms with Crippen molar-refractivity contribution in [3.05, 3.63) is 21.8 Å². The number of nitrogens with one attached hydrogen (secondary N) is 3. The smallest absolute Gasteiger partial charge is 0.260 e. The third-order valence-electron chi connectivity index (χ3n) is 3.87. The van der Waals surface area contributed by atoms with Gasteiger partial charge < -0.3 is 20.8 Å². The normalized spacial score (nSPS) is 21.7. The monoisotopic (exact) mass is 355 g/mol. The Balaban J connectivity index is 2.83. The average Bonchev–Trinajstić information content (AvgIpc) is 2.45. The lowest BCUT2D eigenvalue weighted by molar-refractivity contribution is -0.118. The molecule has 21 heavy (non-hydrogen) atoms. The first-order valence-corrected chi connectivity index (χ1v) is 7.68. The van der Waals surface area contributed by atoms with Crippen molar-refractivity contribution >= 4 is 34.3 Å². The lowest BCUT2D eigenvalue weighted by Gasteiger charge is -2.34. The summed E-state index contributed by atoms with van der Waals surface area (Å²) < 4.78 is 0.232. The maximum atomic E-state index is 11.8. The highest BCUT2D eigenvalue weighted by Gasteiger charge is 2.27. The van der Waals surface area contributed by atoms with Crippen LogP contribution in [0.1, 0.15) is 33.6 Å². The molecule has 0 fully saturated rings. The maximum Gasteiger partial charge on any atom is 0.260 e. The number of aldehydes is 1. The summed E-state index contributed by atoms with van der Waals surface area (Å²) >= 11 is 3.18. The van der Waals surface area contributed by atoms with Crippen molar-refractivity contribution in [3.8, 4) is 0 Å². The number of halogens is 1. The Kier molecular flexibility index (Phi) is 6.33. The topological polar surface area (TPSA) is 82.1 Å². The van der Waals surface area contributed by atoms with Gasteiger partial charge >= 0.3 is 0 Å². The lowest BCUT2D eigenvalue weighted by Crippen LogP contribution is -2.35. The predicted octanol–water partition coefficient (Wildman–Crippen LogP) is 2.28. The van der Waals surface area contributed by atoms with Gasteiger partial charge in [0, 0.05) is 12.3 Å². The Bertz CT molecular complexity index is 495. The Morgan fingerprint density at radius 3 is 2.76 bits per heavy atom. The molecule has 0 heterocycles. The maximum absolute atomic E-state index is 11.8. The van der Waals surface area contributed by atoms with Gasteiger partial charge in [-0.2, -0.15) is 0 Å². The molecular weight excluding hydrogens is 334 g/mol. The fourth-order valence-corrected chi connectivity index (χ4v) is 2.51. The van der Waals surface area contributed by atoms with Crippen LogP contribution in [0, 0.1) is 10.8 Å². The summed E-state index contributed by atoms with van der Waals surface area (Å²) in [5.74, 6) is -0.412. The van der Waals surface area contributed by atoms with E-state index in [1.807, 2.05) is 0 Å². The third kappa shape index (κ3) is 4.81. The summed E-state index contributed by atoms with van der Waals surface area (Å²) in [5.41, 5.74) is 1.91. The zero-order valence-electron chi connectivity index (χ0n) is 12.6. The molecule has 0 radical (unpaired) electrons. The van der Waals surface area contributed by atoms with Crippen molar-refractivity contribution in [1.82, 2.24) is 10.6 Å². The van der Waals surface area contributed by atoms with Crippen molar-refractivity contribution in [2.45, 2.75) is 39.7 Å². The van der Waals surface area contributed by atoms with Crippen molar-refractivity contribution < 1.29 is 9.59 Å². The van der Waals surface area contributed by atoms with Crippen LogP contribution in [0.15, 0.2) is 21.8 Å². The van der Waals surface area contributed by atoms with Gasteiger partial charge in [0.25, 0.3) is 5.91 Å². The highest BCUT2D eigenvalue weighted by molar-refractivity contribution is 9.12. The summed E-state index contributed by atoms with van der Waals surface area (Å²) in [6.07, 6.45) is 5.86. The van der Waals surface area contributed by atoms with E-state index in [-0.39, 0.29) is 22.5 Å². The number of allylic oxidation sites excluding steroid dienone is 2. The van der Waals surface area contributed by atoms with Gasteiger partial charge in [-0.3, -0.25) is 4.79 Å². The van der Waals surface area contributed by atoms with Crippen LogP contribution in [0.5, 0.6) is 0 Å². The van der Waals surface area contributed by atoms with E-state index in [2.05, 4.69) is 53.4 Å². The van der Waals surface area contributed by atoms with E-state index in [0.29, 0.717) is 12.0 Å². The molecule has 0 spiro atoms. The van der Waals surface area contributed by atoms with Crippen LogP contribution in [0.4, 0.5) is 0 Å². The van der Waals surface area contributed by atoms with E-state index >= 15 is 0 Å². The van der Waals surface area contributed by atoms with Crippen LogP contribution in [0.3, 0.4) is 0 Å². The summed E-state index contributed by atoms with van der Waals surface area (Å²) in [7, 11) is 0. The first-order chi connectivity index (χ1) is 9.81. The quantitative estimate of drug-likeness (QED) is 0.296. The van der Waals surface area contributed by atoms with E-state index < -0.39 is 5.91 Å². The SMILES string of the molecule is CC1=CC(N/C(C=N)=C(\Br)C(=O)NCC=O)CCC1(C)C. The lowest BCUT2D eigenvalue weighted by atomic mass is 9.75. The van der Waals surface area contributed by atoms with Gasteiger partial charge in [0.1, 0.15) is 10.8 Å². The van der Waals surface area contributed by atoms with Gasteiger partial charge in [0.15, 0.2) is 0 Å². The molecule has 1 atom stereocenters. The minimum atomic E-state index is -0.412. The molecule has 0 aromatic heterocycles. The first-order valence-electron chi connectivity index (χ1n) is 6.89. The molecular formula is C15H22BrN3O2. The molecule has 3 N–H and O–H groups in total. The number of hydrogen-bond acceptors (Lipinski definition) is 4. The van der Waals surface area contributed by atoms with Crippen molar-refractivity contribution in [3.63, 3.8) is 0 Å². The molecule has 1 aliphatic carbocycles. The fraction of sp³-hybridized carbons (Fsp3) is 0.533. The van der Waals surface area contributed by atoms with Gasteiger partial charge in [-0.05, 0) is 41.1 Å². The Labute approximate surface area is 133 Å². The van der Waals surface area contributed by atoms with Gasteiger partial charge in [0.2, 0.25) is 0 Å². The summed E-state index contributed by atoms with van der Waals surface area (Å²) in [6, 6.07) is 0.0982. The molecule has 1 amide bonds. The Morgan fingerprint density at radius 2 is 2.24 bits per heavy atom. The number of hydrogen-bond donors (Lipinski definition) is 3. The highest BCUT2D eigenvalue weighted by atomic mass is 79.9. The molecule has 116 valence electrons. The Morgan fingerprint density at radius 1 is 1.57 bits per heavy atom. The average molecular weight is 356 g/mol. The van der Waals surface area contributed by atoms with E-state index in [4.69, 9.17) is 5.41 Å². The molecule has 5 nitrogen and oxygen atoms in total. The highest BCUT2D eigenvalue weighted by Crippen LogP contribution is 2.36. The van der Waals surface area contributed by atoms with Crippen LogP contribution >= 0.6 is 15.9 Å². The van der Waals surface area contributed by atoms with Gasteiger partial charge in [-0.25, -0.2) is 0 Å². The summed E-state index contributed by atoms with van der Waals surface area (Å²) in [5, 5.41) is 13.1. The number of carbonyl (C=O) groups is 2. The largest absolute Gasteiger partial charge is 0.377 e. The number of amides is 1. The number of carbonyl (C=O) groups excluding carboxylic acids is 2. The molecule has 1 rings (SSSR count). The molecule has 1 unspecified atom stereocenters. The molecule has 0 aromatic carbocycles. The van der Waals surface area contributed by atoms with Gasteiger partial charge in [-0.1, -0.05) is 25.5 Å². The fourth-order valence-electron chi connectivity index (χ4n) is 2.14. The second-order valence-corrected chi connectivity index (χ2v) is 6.56. The molecule has 1 aliphatic rings. The zero-order valence-corrected chi connectivity index (χ0v) is 14.2. The predicted molar refractivity (Wildman–Crippen MR) is 87.5 cm³/mol. The second-order valence-electron chi connectivity index (χ2n) is 5.77. The Hall–Kier alpha value is -1.43. The standard InChI is InChI=1S/C15H22BrN3O2/c1-10-8-11(4-5-15(10,2)3)19-12(9-17)13(16)14(21)18-6-7-20/h7-9,11,17,19H,4-6H2,1-3H3,(H,18,21)/b13-12-,17-9?. The molecule has 0 bridgehead atoms. The zero-order chi connectivity index (χ0) is 16.0. The van der Waals surface area contributed by atoms with Crippen LogP contribution in [0.25, 0.3) is 0 Å². The van der Waals surface area contributed by atoms with Crippen LogP contribution in [0.2, 0.25) is 0 Å². The van der Waals surface area contributed by atoms with Crippen molar-refractivity contribution in [1.29, 1.82) is 5.41 Å². The van der Waals surface area contributed by atoms with Gasteiger partial charge in [-0.15, -0.1) is 0 Å². The minimum absolute atomic E-state index is 0.0458. The molecule has 0 saturated heterocycles. The van der Waals surface area contributed by atoms with E-state index in [1.165, 1.54) is 5.57 Å². The minimum Gasteiger partial charge on any atom is -0.377 e. The van der Waals surface area contributed by atoms with Crippen LogP contribution in [-0.2, 0) is 9.59 Å². The third-order valence-corrected chi connectivity index (χ3v) is 4.65. The van der Waals surface area contributed by atoms with Crippen LogP contribution < -0.4 is 10.6 Å². The molecule has 6 heteroatoms. The molecule has 0 aromatic rings. The van der Waals surface area contributed by atoms with Gasteiger partial charge in [0.05, 0.1) is 12.2 Å². The van der Waals surface area contributed by atoms with Crippen molar-refractivity contribution in [2.24, 2.45) is 5.41 Å². The molecule has 0 aliphatic heterocycles. The second kappa shape index (κ2) is 7.54. The van der Waals surface area contributed by atoms with E-state index in [9.17, 15) is 9.59 Å². The number of rotatable bonds is 6. The molecule has 0 saturated carbocycles.